The van der Waals surface area contributed by atoms with E-state index in [0.717, 1.165) is 4.90 Å². The van der Waals surface area contributed by atoms with Crippen molar-refractivity contribution in [2.24, 2.45) is 5.92 Å². The number of pyridine rings is 1. The Hall–Kier alpha value is -2.64. The number of likely N-dealkylation sites (tertiary alicyclic amines) is 1. The van der Waals surface area contributed by atoms with Crippen LogP contribution in [-0.2, 0) is 16.0 Å². The van der Waals surface area contributed by atoms with Crippen LogP contribution in [0.25, 0.3) is 0 Å². The molecule has 8 heteroatoms. The van der Waals surface area contributed by atoms with E-state index in [4.69, 9.17) is 10.8 Å². The number of nitrogens with zero attached hydrogens (tertiary/aromatic N) is 2. The van der Waals surface area contributed by atoms with Gasteiger partial charge in [0, 0.05) is 13.2 Å². The number of amides is 3. The van der Waals surface area contributed by atoms with Crippen molar-refractivity contribution < 1.29 is 19.5 Å². The number of imide groups is 1. The lowest BCUT2D eigenvalue weighted by Gasteiger charge is -2.42. The Morgan fingerprint density at radius 1 is 1.55 bits per heavy atom. The fourth-order valence-corrected chi connectivity index (χ4v) is 2.25. The van der Waals surface area contributed by atoms with Gasteiger partial charge in [0.05, 0.1) is 5.92 Å². The summed E-state index contributed by atoms with van der Waals surface area (Å²) in [7, 11) is 1.34. The van der Waals surface area contributed by atoms with Crippen molar-refractivity contribution in [2.45, 2.75) is 12.5 Å². The molecule has 106 valence electrons. The number of aliphatic carboxylic acids is 1. The maximum atomic E-state index is 11.9. The van der Waals surface area contributed by atoms with Gasteiger partial charge in [0.2, 0.25) is 5.91 Å². The summed E-state index contributed by atoms with van der Waals surface area (Å²) in [5, 5.41) is 11.4. The third-order valence-electron chi connectivity index (χ3n) is 3.20. The van der Waals surface area contributed by atoms with Gasteiger partial charge in [-0.25, -0.2) is 19.5 Å². The predicted octanol–water partition coefficient (Wildman–Crippen LogP) is -0.543. The molecule has 8 nitrogen and oxygen atoms in total. The zero-order chi connectivity index (χ0) is 14.9. The van der Waals surface area contributed by atoms with Crippen LogP contribution in [-0.4, -0.2) is 46.0 Å². The molecule has 0 bridgehead atoms. The maximum absolute atomic E-state index is 11.9. The zero-order valence-corrected chi connectivity index (χ0v) is 10.7. The second-order valence-corrected chi connectivity index (χ2v) is 4.45. The number of carboxylic acids is 1. The molecule has 2 heterocycles. The van der Waals surface area contributed by atoms with Gasteiger partial charge in [-0.15, -0.1) is 0 Å². The van der Waals surface area contributed by atoms with Gasteiger partial charge in [-0.1, -0.05) is 0 Å². The van der Waals surface area contributed by atoms with E-state index in [9.17, 15) is 14.4 Å². The molecule has 1 saturated heterocycles. The summed E-state index contributed by atoms with van der Waals surface area (Å²) in [5.41, 5.74) is 6.24. The second kappa shape index (κ2) is 5.16. The highest BCUT2D eigenvalue weighted by atomic mass is 16.4. The van der Waals surface area contributed by atoms with Crippen molar-refractivity contribution in [1.29, 1.82) is 0 Å². The average molecular weight is 278 g/mol. The third kappa shape index (κ3) is 2.27. The molecule has 0 spiro atoms. The molecule has 0 saturated carbocycles. The van der Waals surface area contributed by atoms with Gasteiger partial charge in [0.1, 0.15) is 5.82 Å². The molecular formula is C12H14N4O4. The summed E-state index contributed by atoms with van der Waals surface area (Å²) < 4.78 is 0. The summed E-state index contributed by atoms with van der Waals surface area (Å²) in [6, 6.07) is 1.37. The molecule has 1 aromatic rings. The Morgan fingerprint density at radius 2 is 2.25 bits per heavy atom. The normalized spacial score (nSPS) is 21.2. The highest BCUT2D eigenvalue weighted by molar-refractivity contribution is 6.07. The minimum absolute atomic E-state index is 0.204. The highest BCUT2D eigenvalue weighted by Crippen LogP contribution is 2.30. The van der Waals surface area contributed by atoms with Crippen LogP contribution in [0.4, 0.5) is 10.6 Å². The standard InChI is InChI=1S/C12H14N4O4/c1-14-12(20)16-9(11(18)19)7(10(16)17)4-6-2-3-15-8(13)5-6/h2-3,5,7,9H,4H2,1H3,(H2,13,15)(H,14,20)(H,18,19)/t7-,9?/m1/s1. The van der Waals surface area contributed by atoms with E-state index in [1.54, 1.807) is 12.1 Å². The van der Waals surface area contributed by atoms with E-state index in [1.807, 2.05) is 0 Å². The molecule has 2 atom stereocenters. The van der Waals surface area contributed by atoms with Crippen LogP contribution in [0.5, 0.6) is 0 Å². The van der Waals surface area contributed by atoms with Crippen LogP contribution in [0.1, 0.15) is 5.56 Å². The molecule has 3 amide bonds. The number of carbonyl (C=O) groups excluding carboxylic acids is 2. The minimum Gasteiger partial charge on any atom is -0.480 e. The number of nitrogens with two attached hydrogens (primary N) is 1. The number of carbonyl (C=O) groups is 3. The Labute approximate surface area is 114 Å². The molecule has 20 heavy (non-hydrogen) atoms. The van der Waals surface area contributed by atoms with Gasteiger partial charge in [-0.3, -0.25) is 4.79 Å². The minimum atomic E-state index is -1.21. The first-order valence-corrected chi connectivity index (χ1v) is 5.93. The maximum Gasteiger partial charge on any atom is 0.327 e. The lowest BCUT2D eigenvalue weighted by atomic mass is 9.82. The number of anilines is 1. The summed E-state index contributed by atoms with van der Waals surface area (Å²) in [5.74, 6) is -2.19. The SMILES string of the molecule is CNC(=O)N1C(=O)[C@H](Cc2ccnc(N)c2)C1C(=O)O. The molecule has 0 radical (unpaired) electrons. The summed E-state index contributed by atoms with van der Waals surface area (Å²) in [6.07, 6.45) is 1.69. The van der Waals surface area contributed by atoms with Gasteiger partial charge in [0.15, 0.2) is 6.04 Å². The van der Waals surface area contributed by atoms with Crippen LogP contribution >= 0.6 is 0 Å². The Kier molecular flexibility index (Phi) is 3.55. The topological polar surface area (TPSA) is 126 Å². The number of nitrogens with one attached hydrogen (secondary N) is 1. The lowest BCUT2D eigenvalue weighted by molar-refractivity contribution is -0.165. The van der Waals surface area contributed by atoms with Crippen molar-refractivity contribution in [3.05, 3.63) is 23.9 Å². The molecule has 0 aromatic carbocycles. The number of aromatic nitrogens is 1. The second-order valence-electron chi connectivity index (χ2n) is 4.45. The van der Waals surface area contributed by atoms with E-state index in [-0.39, 0.29) is 6.42 Å². The number of hydrogen-bond acceptors (Lipinski definition) is 5. The Morgan fingerprint density at radius 3 is 2.80 bits per heavy atom. The van der Waals surface area contributed by atoms with Crippen LogP contribution in [0, 0.1) is 5.92 Å². The number of urea groups is 1. The first-order valence-electron chi connectivity index (χ1n) is 5.93. The van der Waals surface area contributed by atoms with E-state index in [1.165, 1.54) is 13.2 Å². The number of nitrogen functional groups attached to an aromatic ring is 1. The molecule has 1 aliphatic rings. The number of carboxylic acid groups (broad SMARTS) is 1. The van der Waals surface area contributed by atoms with Gasteiger partial charge >= 0.3 is 12.0 Å². The fraction of sp³-hybridized carbons (Fsp3) is 0.333. The third-order valence-corrected chi connectivity index (χ3v) is 3.20. The zero-order valence-electron chi connectivity index (χ0n) is 10.7. The molecule has 2 rings (SSSR count). The van der Waals surface area contributed by atoms with Gasteiger partial charge in [0.25, 0.3) is 0 Å². The first-order chi connectivity index (χ1) is 9.45. The average Bonchev–Trinajstić information content (AvgIpc) is 2.40. The smallest absolute Gasteiger partial charge is 0.327 e. The molecule has 1 fully saturated rings. The number of β-lactam (4-membered cyclic amide) rings is 1. The van der Waals surface area contributed by atoms with Gasteiger partial charge < -0.3 is 16.2 Å². The van der Waals surface area contributed by atoms with Crippen molar-refractivity contribution in [3.63, 3.8) is 0 Å². The molecule has 1 aliphatic heterocycles. The summed E-state index contributed by atoms with van der Waals surface area (Å²) in [4.78, 5) is 39.2. The Bertz CT molecular complexity index is 574. The molecular weight excluding hydrogens is 264 g/mol. The van der Waals surface area contributed by atoms with E-state index in [0.29, 0.717) is 11.4 Å². The van der Waals surface area contributed by atoms with Gasteiger partial charge in [-0.2, -0.15) is 0 Å². The number of hydrogen-bond donors (Lipinski definition) is 3. The van der Waals surface area contributed by atoms with Crippen LogP contribution in [0.3, 0.4) is 0 Å². The molecule has 0 aliphatic carbocycles. The first kappa shape index (κ1) is 13.8. The predicted molar refractivity (Wildman–Crippen MR) is 68.6 cm³/mol. The number of rotatable bonds is 3. The molecule has 1 unspecified atom stereocenters. The van der Waals surface area contributed by atoms with Crippen LogP contribution in [0.2, 0.25) is 0 Å². The van der Waals surface area contributed by atoms with E-state index in [2.05, 4.69) is 10.3 Å². The van der Waals surface area contributed by atoms with E-state index >= 15 is 0 Å². The summed E-state index contributed by atoms with van der Waals surface area (Å²) >= 11 is 0. The summed E-state index contributed by atoms with van der Waals surface area (Å²) in [6.45, 7) is 0. The van der Waals surface area contributed by atoms with Gasteiger partial charge in [-0.05, 0) is 24.1 Å². The molecule has 1 aromatic heterocycles. The largest absolute Gasteiger partial charge is 0.480 e. The van der Waals surface area contributed by atoms with Crippen LogP contribution in [0.15, 0.2) is 18.3 Å². The monoisotopic (exact) mass is 278 g/mol. The van der Waals surface area contributed by atoms with Crippen molar-refractivity contribution in [2.75, 3.05) is 12.8 Å². The molecule has 4 N–H and O–H groups in total. The van der Waals surface area contributed by atoms with Crippen molar-refractivity contribution >= 4 is 23.7 Å². The fourth-order valence-electron chi connectivity index (χ4n) is 2.25. The highest BCUT2D eigenvalue weighted by Gasteiger charge is 2.54. The van der Waals surface area contributed by atoms with Crippen LogP contribution < -0.4 is 11.1 Å². The Balaban J connectivity index is 2.18. The van der Waals surface area contributed by atoms with Crippen molar-refractivity contribution in [1.82, 2.24) is 15.2 Å². The van der Waals surface area contributed by atoms with Crippen molar-refractivity contribution in [3.8, 4) is 0 Å². The quantitative estimate of drug-likeness (QED) is 0.637. The van der Waals surface area contributed by atoms with E-state index < -0.39 is 29.9 Å². The lowest BCUT2D eigenvalue weighted by Crippen LogP contribution is -2.68.